The van der Waals surface area contributed by atoms with Crippen molar-refractivity contribution in [2.45, 2.75) is 0 Å². The van der Waals surface area contributed by atoms with Gasteiger partial charge in [0.05, 0.1) is 7.11 Å². The lowest BCUT2D eigenvalue weighted by Gasteiger charge is -1.88. The van der Waals surface area contributed by atoms with E-state index in [2.05, 4.69) is 16.6 Å². The normalized spacial score (nSPS) is 9.47. The quantitative estimate of drug-likeness (QED) is 0.397. The minimum atomic E-state index is -0.469. The molecule has 0 unspecified atom stereocenters. The molecule has 0 heterocycles. The summed E-state index contributed by atoms with van der Waals surface area (Å²) in [5, 5.41) is 0. The van der Waals surface area contributed by atoms with Crippen LogP contribution in [-0.2, 0) is 9.53 Å². The molecule has 76 valence electrons. The molecule has 0 bridgehead atoms. The molecule has 0 aliphatic heterocycles. The molecule has 0 fully saturated rings. The average Bonchev–Trinajstić information content (AvgIpc) is 2.24. The number of ether oxygens (including phenoxy) is 1. The molecule has 3 heteroatoms. The van der Waals surface area contributed by atoms with E-state index in [9.17, 15) is 9.18 Å². The number of halogens is 1. The molecule has 2 nitrogen and oxygen atoms in total. The molecule has 0 saturated carbocycles. The van der Waals surface area contributed by atoms with Crippen LogP contribution < -0.4 is 0 Å². The van der Waals surface area contributed by atoms with Crippen molar-refractivity contribution in [2.75, 3.05) is 7.11 Å². The van der Waals surface area contributed by atoms with Crippen molar-refractivity contribution in [1.29, 1.82) is 0 Å². The first kappa shape index (κ1) is 11.0. The third-order valence-electron chi connectivity index (χ3n) is 1.55. The minimum Gasteiger partial charge on any atom is -0.466 e. The molecule has 1 aromatic rings. The van der Waals surface area contributed by atoms with Gasteiger partial charge >= 0.3 is 5.97 Å². The molecule has 0 amide bonds. The maximum atomic E-state index is 12.7. The van der Waals surface area contributed by atoms with E-state index in [1.165, 1.54) is 31.4 Å². The lowest BCUT2D eigenvalue weighted by Crippen LogP contribution is -1.92. The standard InChI is InChI=1S/C12H9FO2/c1-15-12(14)8-3-2-5-10-6-4-7-11(13)9-10/h3-4,6-9H,1H3/b8-3-. The van der Waals surface area contributed by atoms with Gasteiger partial charge in [-0.15, -0.1) is 0 Å². The zero-order valence-corrected chi connectivity index (χ0v) is 8.16. The van der Waals surface area contributed by atoms with Crippen LogP contribution in [0.4, 0.5) is 4.39 Å². The average molecular weight is 204 g/mol. The molecular weight excluding hydrogens is 195 g/mol. The van der Waals surface area contributed by atoms with Crippen LogP contribution in [0.5, 0.6) is 0 Å². The summed E-state index contributed by atoms with van der Waals surface area (Å²) >= 11 is 0. The Balaban J connectivity index is 2.66. The van der Waals surface area contributed by atoms with Crippen LogP contribution in [0.25, 0.3) is 0 Å². The highest BCUT2D eigenvalue weighted by molar-refractivity contribution is 5.82. The van der Waals surface area contributed by atoms with Gasteiger partial charge in [-0.2, -0.15) is 0 Å². The van der Waals surface area contributed by atoms with Crippen LogP contribution in [-0.4, -0.2) is 13.1 Å². The Kier molecular flexibility index (Phi) is 4.11. The van der Waals surface area contributed by atoms with Gasteiger partial charge in [0, 0.05) is 11.6 Å². The fourth-order valence-corrected chi connectivity index (χ4v) is 0.869. The number of methoxy groups -OCH3 is 1. The predicted molar refractivity (Wildman–Crippen MR) is 54.4 cm³/mol. The number of esters is 1. The topological polar surface area (TPSA) is 26.3 Å². The first-order chi connectivity index (χ1) is 7.22. The first-order valence-corrected chi connectivity index (χ1v) is 4.24. The number of rotatable bonds is 1. The number of benzene rings is 1. The summed E-state index contributed by atoms with van der Waals surface area (Å²) in [6.07, 6.45) is 2.56. The summed E-state index contributed by atoms with van der Waals surface area (Å²) in [6, 6.07) is 5.92. The van der Waals surface area contributed by atoms with Gasteiger partial charge in [0.15, 0.2) is 0 Å². The monoisotopic (exact) mass is 204 g/mol. The lowest BCUT2D eigenvalue weighted by atomic mass is 10.2. The van der Waals surface area contributed by atoms with Gasteiger partial charge in [-0.05, 0) is 24.3 Å². The molecule has 0 aromatic heterocycles. The van der Waals surface area contributed by atoms with Crippen molar-refractivity contribution in [3.8, 4) is 11.8 Å². The molecular formula is C12H9FO2. The summed E-state index contributed by atoms with van der Waals surface area (Å²) in [4.78, 5) is 10.6. The van der Waals surface area contributed by atoms with Crippen molar-refractivity contribution < 1.29 is 13.9 Å². The molecule has 0 radical (unpaired) electrons. The maximum Gasteiger partial charge on any atom is 0.331 e. The SMILES string of the molecule is COC(=O)/C=C\C#Cc1cccc(F)c1. The van der Waals surface area contributed by atoms with Crippen LogP contribution in [0, 0.1) is 17.7 Å². The highest BCUT2D eigenvalue weighted by Gasteiger charge is 1.89. The Labute approximate surface area is 87.4 Å². The van der Waals surface area contributed by atoms with Crippen molar-refractivity contribution in [2.24, 2.45) is 0 Å². The fraction of sp³-hybridized carbons (Fsp3) is 0.0833. The smallest absolute Gasteiger partial charge is 0.331 e. The van der Waals surface area contributed by atoms with Gasteiger partial charge in [-0.1, -0.05) is 17.9 Å². The number of hydrogen-bond acceptors (Lipinski definition) is 2. The fourth-order valence-electron chi connectivity index (χ4n) is 0.869. The lowest BCUT2D eigenvalue weighted by molar-refractivity contribution is -0.134. The van der Waals surface area contributed by atoms with Crippen molar-refractivity contribution in [3.05, 3.63) is 47.8 Å². The van der Waals surface area contributed by atoms with Crippen molar-refractivity contribution >= 4 is 5.97 Å². The largest absolute Gasteiger partial charge is 0.466 e. The van der Waals surface area contributed by atoms with Crippen LogP contribution in [0.15, 0.2) is 36.4 Å². The number of hydrogen-bond donors (Lipinski definition) is 0. The zero-order valence-electron chi connectivity index (χ0n) is 8.16. The molecule has 0 aliphatic rings. The number of carbonyl (C=O) groups is 1. The summed E-state index contributed by atoms with van der Waals surface area (Å²) in [7, 11) is 1.28. The second kappa shape index (κ2) is 5.61. The number of carbonyl (C=O) groups excluding carboxylic acids is 1. The molecule has 1 aromatic carbocycles. The molecule has 0 aliphatic carbocycles. The van der Waals surface area contributed by atoms with E-state index in [0.717, 1.165) is 0 Å². The first-order valence-electron chi connectivity index (χ1n) is 4.24. The van der Waals surface area contributed by atoms with Gasteiger partial charge in [-0.25, -0.2) is 9.18 Å². The second-order valence-corrected chi connectivity index (χ2v) is 2.64. The predicted octanol–water partition coefficient (Wildman–Crippen LogP) is 1.91. The molecule has 0 saturated heterocycles. The van der Waals surface area contributed by atoms with E-state index in [0.29, 0.717) is 5.56 Å². The van der Waals surface area contributed by atoms with E-state index in [1.807, 2.05) is 0 Å². The van der Waals surface area contributed by atoms with E-state index in [1.54, 1.807) is 12.1 Å². The Morgan fingerprint density at radius 1 is 1.53 bits per heavy atom. The minimum absolute atomic E-state index is 0.334. The molecule has 0 N–H and O–H groups in total. The second-order valence-electron chi connectivity index (χ2n) is 2.64. The van der Waals surface area contributed by atoms with Crippen LogP contribution in [0.1, 0.15) is 5.56 Å². The maximum absolute atomic E-state index is 12.7. The van der Waals surface area contributed by atoms with Gasteiger partial charge in [0.25, 0.3) is 0 Å². The van der Waals surface area contributed by atoms with Gasteiger partial charge < -0.3 is 4.74 Å². The van der Waals surface area contributed by atoms with Gasteiger partial charge in [-0.3, -0.25) is 0 Å². The zero-order chi connectivity index (χ0) is 11.1. The Morgan fingerprint density at radius 3 is 3.00 bits per heavy atom. The third kappa shape index (κ3) is 4.10. The van der Waals surface area contributed by atoms with E-state index < -0.39 is 5.97 Å². The Morgan fingerprint density at radius 2 is 2.33 bits per heavy atom. The van der Waals surface area contributed by atoms with Crippen LogP contribution in [0.3, 0.4) is 0 Å². The van der Waals surface area contributed by atoms with E-state index in [4.69, 9.17) is 0 Å². The Bertz CT molecular complexity index is 438. The molecule has 15 heavy (non-hydrogen) atoms. The van der Waals surface area contributed by atoms with Gasteiger partial charge in [0.1, 0.15) is 5.82 Å². The Hall–Kier alpha value is -2.08. The van der Waals surface area contributed by atoms with E-state index in [-0.39, 0.29) is 5.82 Å². The highest BCUT2D eigenvalue weighted by atomic mass is 19.1. The third-order valence-corrected chi connectivity index (χ3v) is 1.55. The van der Waals surface area contributed by atoms with Crippen molar-refractivity contribution in [1.82, 2.24) is 0 Å². The summed E-state index contributed by atoms with van der Waals surface area (Å²) in [6.45, 7) is 0. The summed E-state index contributed by atoms with van der Waals surface area (Å²) in [5.41, 5.74) is 0.560. The van der Waals surface area contributed by atoms with Crippen LogP contribution >= 0.6 is 0 Å². The van der Waals surface area contributed by atoms with Crippen molar-refractivity contribution in [3.63, 3.8) is 0 Å². The molecule has 0 spiro atoms. The summed E-state index contributed by atoms with van der Waals surface area (Å²) in [5.74, 6) is 4.47. The van der Waals surface area contributed by atoms with E-state index >= 15 is 0 Å². The number of allylic oxidation sites excluding steroid dienone is 1. The molecule has 1 rings (SSSR count). The van der Waals surface area contributed by atoms with Crippen LogP contribution in [0.2, 0.25) is 0 Å². The summed E-state index contributed by atoms with van der Waals surface area (Å²) < 4.78 is 17.1. The van der Waals surface area contributed by atoms with Gasteiger partial charge in [0.2, 0.25) is 0 Å². The molecule has 0 atom stereocenters. The highest BCUT2D eigenvalue weighted by Crippen LogP contribution is 2.00.